The van der Waals surface area contributed by atoms with Gasteiger partial charge in [-0.15, -0.1) is 11.3 Å². The van der Waals surface area contributed by atoms with Crippen LogP contribution in [-0.2, 0) is 0 Å². The van der Waals surface area contributed by atoms with Crippen LogP contribution in [0.1, 0.15) is 30.6 Å². The van der Waals surface area contributed by atoms with Gasteiger partial charge < -0.3 is 0 Å². The van der Waals surface area contributed by atoms with Gasteiger partial charge in [-0.05, 0) is 58.6 Å². The highest BCUT2D eigenvalue weighted by Crippen LogP contribution is 2.32. The second-order valence-corrected chi connectivity index (χ2v) is 6.35. The molecule has 0 fully saturated rings. The number of halogens is 1. The summed E-state index contributed by atoms with van der Waals surface area (Å²) in [6.45, 7) is 2.20. The monoisotopic (exact) mass is 289 g/mol. The van der Waals surface area contributed by atoms with E-state index >= 15 is 0 Å². The first-order valence-electron chi connectivity index (χ1n) is 4.54. The van der Waals surface area contributed by atoms with Crippen LogP contribution in [0.5, 0.6) is 0 Å². The predicted molar refractivity (Wildman–Crippen MR) is 67.7 cm³/mol. The molecule has 0 radical (unpaired) electrons. The second-order valence-electron chi connectivity index (χ2n) is 2.98. The van der Waals surface area contributed by atoms with E-state index in [1.165, 1.54) is 20.4 Å². The number of hydrogen-bond donors (Lipinski definition) is 0. The maximum absolute atomic E-state index is 8.43. The topological polar surface area (TPSA) is 23.8 Å². The van der Waals surface area contributed by atoms with Gasteiger partial charge in [-0.25, -0.2) is 0 Å². The molecule has 0 N–H and O–H groups in total. The Labute approximate surface area is 102 Å². The summed E-state index contributed by atoms with van der Waals surface area (Å²) in [4.78, 5) is 1.43. The van der Waals surface area contributed by atoms with E-state index in [0.29, 0.717) is 5.92 Å². The number of rotatable bonds is 5. The summed E-state index contributed by atoms with van der Waals surface area (Å²) in [5.74, 6) is 1.55. The van der Waals surface area contributed by atoms with E-state index in [-0.39, 0.29) is 0 Å². The molecule has 76 valence electrons. The van der Waals surface area contributed by atoms with Crippen molar-refractivity contribution in [3.05, 3.63) is 20.8 Å². The summed E-state index contributed by atoms with van der Waals surface area (Å²) in [5.41, 5.74) is 0. The fraction of sp³-hybridized carbons (Fsp3) is 0.500. The Balaban J connectivity index is 2.50. The Morgan fingerprint density at radius 2 is 2.43 bits per heavy atom. The van der Waals surface area contributed by atoms with E-state index in [2.05, 4.69) is 40.4 Å². The van der Waals surface area contributed by atoms with Crippen LogP contribution in [-0.4, -0.2) is 5.75 Å². The molecule has 1 atom stereocenters. The molecule has 0 amide bonds. The first-order chi connectivity index (χ1) is 6.77. The van der Waals surface area contributed by atoms with Crippen LogP contribution in [0.2, 0.25) is 0 Å². The zero-order valence-electron chi connectivity index (χ0n) is 8.00. The van der Waals surface area contributed by atoms with Gasteiger partial charge in [-0.3, -0.25) is 0 Å². The van der Waals surface area contributed by atoms with Crippen molar-refractivity contribution in [3.63, 3.8) is 0 Å². The lowest BCUT2D eigenvalue weighted by molar-refractivity contribution is 0.659. The largest absolute Gasteiger partial charge is 0.185 e. The van der Waals surface area contributed by atoms with Crippen LogP contribution in [0.3, 0.4) is 0 Å². The van der Waals surface area contributed by atoms with Crippen molar-refractivity contribution in [2.75, 3.05) is 5.75 Å². The Morgan fingerprint density at radius 3 is 2.93 bits per heavy atom. The van der Waals surface area contributed by atoms with Crippen LogP contribution < -0.4 is 0 Å². The number of thiocyanates is 1. The average molecular weight is 290 g/mol. The molecule has 0 aliphatic heterocycles. The summed E-state index contributed by atoms with van der Waals surface area (Å²) in [5, 5.41) is 10.5. The maximum atomic E-state index is 8.43. The summed E-state index contributed by atoms with van der Waals surface area (Å²) < 4.78 is 1.19. The molecule has 0 aliphatic rings. The van der Waals surface area contributed by atoms with Gasteiger partial charge in [-0.1, -0.05) is 6.92 Å². The van der Waals surface area contributed by atoms with Crippen LogP contribution in [0.4, 0.5) is 0 Å². The van der Waals surface area contributed by atoms with E-state index in [1.807, 2.05) is 0 Å². The molecule has 0 saturated carbocycles. The molecule has 0 spiro atoms. The van der Waals surface area contributed by atoms with Crippen molar-refractivity contribution in [2.24, 2.45) is 0 Å². The summed E-state index contributed by atoms with van der Waals surface area (Å²) in [6, 6.07) is 4.28. The molecule has 14 heavy (non-hydrogen) atoms. The Kier molecular flexibility index (Phi) is 5.61. The van der Waals surface area contributed by atoms with Crippen LogP contribution in [0, 0.1) is 10.7 Å². The fourth-order valence-electron chi connectivity index (χ4n) is 1.34. The summed E-state index contributed by atoms with van der Waals surface area (Å²) in [6.07, 6.45) is 2.25. The average Bonchev–Trinajstić information content (AvgIpc) is 2.60. The zero-order valence-corrected chi connectivity index (χ0v) is 11.2. The minimum Gasteiger partial charge on any atom is -0.185 e. The molecule has 1 rings (SSSR count). The highest BCUT2D eigenvalue weighted by molar-refractivity contribution is 9.11. The summed E-state index contributed by atoms with van der Waals surface area (Å²) >= 11 is 6.63. The van der Waals surface area contributed by atoms with Gasteiger partial charge in [-0.2, -0.15) is 5.26 Å². The van der Waals surface area contributed by atoms with Crippen molar-refractivity contribution in [2.45, 2.75) is 25.7 Å². The number of hydrogen-bond acceptors (Lipinski definition) is 3. The lowest BCUT2D eigenvalue weighted by Gasteiger charge is -2.10. The van der Waals surface area contributed by atoms with Gasteiger partial charge in [0, 0.05) is 10.6 Å². The normalized spacial score (nSPS) is 12.4. The van der Waals surface area contributed by atoms with Gasteiger partial charge in [0.15, 0.2) is 0 Å². The molecule has 0 bridgehead atoms. The zero-order chi connectivity index (χ0) is 10.4. The summed E-state index contributed by atoms with van der Waals surface area (Å²) in [7, 11) is 0. The maximum Gasteiger partial charge on any atom is 0.133 e. The second kappa shape index (κ2) is 6.49. The smallest absolute Gasteiger partial charge is 0.133 e. The number of thiophene rings is 1. The first kappa shape index (κ1) is 12.1. The molecule has 0 aromatic carbocycles. The first-order valence-corrected chi connectivity index (χ1v) is 7.13. The molecule has 1 nitrogen and oxygen atoms in total. The Morgan fingerprint density at radius 1 is 1.64 bits per heavy atom. The van der Waals surface area contributed by atoms with E-state index in [4.69, 9.17) is 5.26 Å². The lowest BCUT2D eigenvalue weighted by atomic mass is 10.0. The van der Waals surface area contributed by atoms with Crippen molar-refractivity contribution in [3.8, 4) is 5.40 Å². The van der Waals surface area contributed by atoms with Crippen LogP contribution in [0.25, 0.3) is 0 Å². The molecule has 1 aromatic rings. The molecule has 1 aromatic heterocycles. The molecular formula is C10H12BrNS2. The van der Waals surface area contributed by atoms with Crippen molar-refractivity contribution in [1.82, 2.24) is 0 Å². The van der Waals surface area contributed by atoms with E-state index < -0.39 is 0 Å². The van der Waals surface area contributed by atoms with E-state index in [0.717, 1.165) is 18.6 Å². The highest BCUT2D eigenvalue weighted by Gasteiger charge is 2.11. The molecule has 0 aliphatic carbocycles. The quantitative estimate of drug-likeness (QED) is 0.584. The number of nitrogens with zero attached hydrogens (tertiary/aromatic N) is 1. The Hall–Kier alpha value is 0.0200. The van der Waals surface area contributed by atoms with Gasteiger partial charge in [0.25, 0.3) is 0 Å². The van der Waals surface area contributed by atoms with Crippen molar-refractivity contribution in [1.29, 1.82) is 5.26 Å². The third-order valence-corrected chi connectivity index (χ3v) is 4.48. The minimum atomic E-state index is 0.618. The minimum absolute atomic E-state index is 0.618. The lowest BCUT2D eigenvalue weighted by Crippen LogP contribution is -1.95. The Bertz CT molecular complexity index is 316. The molecule has 1 unspecified atom stereocenters. The molecule has 1 heterocycles. The van der Waals surface area contributed by atoms with Gasteiger partial charge in [0.05, 0.1) is 3.79 Å². The SMILES string of the molecule is CCC(CCSC#N)c1ccc(Br)s1. The van der Waals surface area contributed by atoms with Crippen molar-refractivity contribution >= 4 is 39.0 Å². The highest BCUT2D eigenvalue weighted by atomic mass is 79.9. The van der Waals surface area contributed by atoms with E-state index in [9.17, 15) is 0 Å². The standard InChI is InChI=1S/C10H12BrNS2/c1-2-8(5-6-13-7-12)9-3-4-10(11)14-9/h3-4,8H,2,5-6H2,1H3. The number of nitriles is 1. The van der Waals surface area contributed by atoms with Crippen LogP contribution in [0.15, 0.2) is 15.9 Å². The molecule has 0 saturated heterocycles. The van der Waals surface area contributed by atoms with Crippen molar-refractivity contribution < 1.29 is 0 Å². The third-order valence-electron chi connectivity index (χ3n) is 2.12. The van der Waals surface area contributed by atoms with Crippen LogP contribution >= 0.6 is 39.0 Å². The van der Waals surface area contributed by atoms with E-state index in [1.54, 1.807) is 11.3 Å². The number of thioether (sulfide) groups is 1. The molecule has 4 heteroatoms. The van der Waals surface area contributed by atoms with Gasteiger partial charge in [0.1, 0.15) is 5.40 Å². The molecular weight excluding hydrogens is 278 g/mol. The van der Waals surface area contributed by atoms with Gasteiger partial charge in [0.2, 0.25) is 0 Å². The fourth-order valence-corrected chi connectivity index (χ4v) is 3.48. The predicted octanol–water partition coefficient (Wildman–Crippen LogP) is 4.61. The third kappa shape index (κ3) is 3.64. The van der Waals surface area contributed by atoms with Gasteiger partial charge >= 0.3 is 0 Å².